The van der Waals surface area contributed by atoms with E-state index in [1.807, 2.05) is 6.92 Å². The first kappa shape index (κ1) is 12.3. The quantitative estimate of drug-likeness (QED) is 0.678. The zero-order valence-corrected chi connectivity index (χ0v) is 10.1. The van der Waals surface area contributed by atoms with Gasteiger partial charge in [-0.3, -0.25) is 9.80 Å². The molecule has 0 aromatic carbocycles. The highest BCUT2D eigenvalue weighted by Gasteiger charge is 2.20. The predicted molar refractivity (Wildman–Crippen MR) is 62.8 cm³/mol. The van der Waals surface area contributed by atoms with Crippen LogP contribution in [0.1, 0.15) is 20.3 Å². The molecule has 0 amide bonds. The molecule has 3 nitrogen and oxygen atoms in total. The van der Waals surface area contributed by atoms with Gasteiger partial charge in [-0.2, -0.15) is 12.6 Å². The lowest BCUT2D eigenvalue weighted by Crippen LogP contribution is -2.50. The van der Waals surface area contributed by atoms with Crippen LogP contribution in [-0.2, 0) is 0 Å². The van der Waals surface area contributed by atoms with Gasteiger partial charge in [-0.1, -0.05) is 6.92 Å². The molecule has 1 saturated heterocycles. The Morgan fingerprint density at radius 3 is 2.29 bits per heavy atom. The molecule has 0 bridgehead atoms. The summed E-state index contributed by atoms with van der Waals surface area (Å²) in [5.74, 6) is 0. The Labute approximate surface area is 92.5 Å². The minimum Gasteiger partial charge on any atom is -0.392 e. The van der Waals surface area contributed by atoms with Crippen LogP contribution in [0.3, 0.4) is 0 Å². The second-order valence-electron chi connectivity index (χ2n) is 4.03. The zero-order chi connectivity index (χ0) is 10.6. The molecule has 0 spiro atoms. The Kier molecular flexibility index (Phi) is 5.23. The molecular weight excluding hydrogens is 196 g/mol. The molecular formula is C10H22N2OS. The van der Waals surface area contributed by atoms with Crippen molar-refractivity contribution in [3.8, 4) is 0 Å². The van der Waals surface area contributed by atoms with Crippen molar-refractivity contribution in [1.82, 2.24) is 9.80 Å². The Morgan fingerprint density at radius 1 is 1.29 bits per heavy atom. The second kappa shape index (κ2) is 5.95. The van der Waals surface area contributed by atoms with Crippen molar-refractivity contribution in [2.75, 3.05) is 32.7 Å². The Balaban J connectivity index is 2.22. The van der Waals surface area contributed by atoms with Gasteiger partial charge in [-0.15, -0.1) is 0 Å². The van der Waals surface area contributed by atoms with Crippen LogP contribution in [0, 0.1) is 0 Å². The van der Waals surface area contributed by atoms with Gasteiger partial charge in [0, 0.05) is 38.1 Å². The Hall–Kier alpha value is 0.230. The van der Waals surface area contributed by atoms with Crippen LogP contribution in [0.2, 0.25) is 0 Å². The molecule has 0 aromatic heterocycles. The number of hydrogen-bond acceptors (Lipinski definition) is 4. The SMILES string of the molecule is CCC(O)CN1CCN(C(C)S)CC1. The fraction of sp³-hybridized carbons (Fsp3) is 1.00. The zero-order valence-electron chi connectivity index (χ0n) is 9.19. The van der Waals surface area contributed by atoms with Gasteiger partial charge in [0.05, 0.1) is 6.10 Å². The lowest BCUT2D eigenvalue weighted by molar-refractivity contribution is 0.0695. The molecule has 2 atom stereocenters. The maximum atomic E-state index is 9.51. The number of hydrogen-bond donors (Lipinski definition) is 2. The average molecular weight is 218 g/mol. The van der Waals surface area contributed by atoms with Crippen molar-refractivity contribution in [3.63, 3.8) is 0 Å². The maximum Gasteiger partial charge on any atom is 0.0664 e. The molecule has 1 heterocycles. The third kappa shape index (κ3) is 3.77. The van der Waals surface area contributed by atoms with Gasteiger partial charge in [0.25, 0.3) is 0 Å². The van der Waals surface area contributed by atoms with Gasteiger partial charge in [-0.25, -0.2) is 0 Å². The lowest BCUT2D eigenvalue weighted by Gasteiger charge is -2.37. The Bertz CT molecular complexity index is 158. The summed E-state index contributed by atoms with van der Waals surface area (Å²) >= 11 is 4.42. The van der Waals surface area contributed by atoms with E-state index < -0.39 is 0 Å². The van der Waals surface area contributed by atoms with Crippen molar-refractivity contribution in [2.24, 2.45) is 0 Å². The van der Waals surface area contributed by atoms with Crippen molar-refractivity contribution >= 4 is 12.6 Å². The number of β-amino-alcohol motifs (C(OH)–C–C–N with tert-alkyl or cyclic N) is 1. The smallest absolute Gasteiger partial charge is 0.0664 e. The van der Waals surface area contributed by atoms with Crippen LogP contribution in [0.5, 0.6) is 0 Å². The van der Waals surface area contributed by atoms with E-state index in [-0.39, 0.29) is 6.10 Å². The summed E-state index contributed by atoms with van der Waals surface area (Å²) in [6, 6.07) is 0. The highest BCUT2D eigenvalue weighted by atomic mass is 32.1. The number of thiol groups is 1. The van der Waals surface area contributed by atoms with E-state index in [4.69, 9.17) is 0 Å². The summed E-state index contributed by atoms with van der Waals surface area (Å²) in [5, 5.41) is 9.87. The molecule has 1 rings (SSSR count). The molecule has 84 valence electrons. The van der Waals surface area contributed by atoms with Crippen LogP contribution < -0.4 is 0 Å². The van der Waals surface area contributed by atoms with Crippen molar-refractivity contribution < 1.29 is 5.11 Å². The number of rotatable bonds is 4. The van der Waals surface area contributed by atoms with E-state index in [0.717, 1.165) is 39.1 Å². The van der Waals surface area contributed by atoms with Crippen molar-refractivity contribution in [1.29, 1.82) is 0 Å². The summed E-state index contributed by atoms with van der Waals surface area (Å²) in [5.41, 5.74) is 0. The van der Waals surface area contributed by atoms with Crippen LogP contribution >= 0.6 is 12.6 Å². The molecule has 0 saturated carbocycles. The highest BCUT2D eigenvalue weighted by molar-refractivity contribution is 7.80. The van der Waals surface area contributed by atoms with Crippen LogP contribution in [0.15, 0.2) is 0 Å². The number of aliphatic hydroxyl groups excluding tert-OH is 1. The average Bonchev–Trinajstić information content (AvgIpc) is 2.18. The van der Waals surface area contributed by atoms with E-state index in [2.05, 4.69) is 29.4 Å². The van der Waals surface area contributed by atoms with Crippen LogP contribution in [0.25, 0.3) is 0 Å². The minimum absolute atomic E-state index is 0.157. The molecule has 2 unspecified atom stereocenters. The van der Waals surface area contributed by atoms with E-state index in [0.29, 0.717) is 5.37 Å². The molecule has 1 aliphatic rings. The normalized spacial score (nSPS) is 24.9. The number of aliphatic hydroxyl groups is 1. The van der Waals surface area contributed by atoms with Crippen LogP contribution in [-0.4, -0.2) is 59.1 Å². The monoisotopic (exact) mass is 218 g/mol. The third-order valence-electron chi connectivity index (χ3n) is 2.88. The highest BCUT2D eigenvalue weighted by Crippen LogP contribution is 2.09. The largest absolute Gasteiger partial charge is 0.392 e. The van der Waals surface area contributed by atoms with Crippen molar-refractivity contribution in [2.45, 2.75) is 31.7 Å². The predicted octanol–water partition coefficient (Wildman–Crippen LogP) is 0.651. The standard InChI is InChI=1S/C10H22N2OS/c1-3-10(13)8-11-4-6-12(7-5-11)9(2)14/h9-10,13-14H,3-8H2,1-2H3. The summed E-state index contributed by atoms with van der Waals surface area (Å²) in [7, 11) is 0. The summed E-state index contributed by atoms with van der Waals surface area (Å²) < 4.78 is 0. The molecule has 1 N–H and O–H groups in total. The fourth-order valence-corrected chi connectivity index (χ4v) is 1.98. The third-order valence-corrected chi connectivity index (χ3v) is 3.20. The summed E-state index contributed by atoms with van der Waals surface area (Å²) in [4.78, 5) is 4.69. The van der Waals surface area contributed by atoms with Gasteiger partial charge in [0.15, 0.2) is 0 Å². The number of piperazine rings is 1. The van der Waals surface area contributed by atoms with Crippen molar-refractivity contribution in [3.05, 3.63) is 0 Å². The molecule has 0 aliphatic carbocycles. The van der Waals surface area contributed by atoms with E-state index >= 15 is 0 Å². The second-order valence-corrected chi connectivity index (χ2v) is 4.78. The van der Waals surface area contributed by atoms with E-state index in [1.54, 1.807) is 0 Å². The Morgan fingerprint density at radius 2 is 1.86 bits per heavy atom. The van der Waals surface area contributed by atoms with E-state index in [1.165, 1.54) is 0 Å². The molecule has 4 heteroatoms. The fourth-order valence-electron chi connectivity index (χ4n) is 1.75. The first-order chi connectivity index (χ1) is 6.63. The van der Waals surface area contributed by atoms with Gasteiger partial charge < -0.3 is 5.11 Å². The number of nitrogens with zero attached hydrogens (tertiary/aromatic N) is 2. The molecule has 1 aliphatic heterocycles. The summed E-state index contributed by atoms with van der Waals surface area (Å²) in [6.45, 7) is 9.22. The first-order valence-electron chi connectivity index (χ1n) is 5.46. The topological polar surface area (TPSA) is 26.7 Å². The maximum absolute atomic E-state index is 9.51. The van der Waals surface area contributed by atoms with Gasteiger partial charge >= 0.3 is 0 Å². The van der Waals surface area contributed by atoms with Gasteiger partial charge in [-0.05, 0) is 13.3 Å². The molecule has 0 radical (unpaired) electrons. The first-order valence-corrected chi connectivity index (χ1v) is 5.97. The van der Waals surface area contributed by atoms with Gasteiger partial charge in [0.1, 0.15) is 0 Å². The lowest BCUT2D eigenvalue weighted by atomic mass is 10.2. The molecule has 0 aromatic rings. The summed E-state index contributed by atoms with van der Waals surface area (Å²) in [6.07, 6.45) is 0.693. The van der Waals surface area contributed by atoms with E-state index in [9.17, 15) is 5.11 Å². The molecule has 1 fully saturated rings. The van der Waals surface area contributed by atoms with Crippen LogP contribution in [0.4, 0.5) is 0 Å². The van der Waals surface area contributed by atoms with Gasteiger partial charge in [0.2, 0.25) is 0 Å². The minimum atomic E-state index is -0.157. The molecule has 14 heavy (non-hydrogen) atoms.